The molecule has 11 heteroatoms. The van der Waals surface area contributed by atoms with E-state index in [1.165, 1.54) is 35.6 Å². The fourth-order valence-corrected chi connectivity index (χ4v) is 5.05. The number of carbonyl (C=O) groups is 1. The summed E-state index contributed by atoms with van der Waals surface area (Å²) in [4.78, 5) is 27.3. The van der Waals surface area contributed by atoms with Gasteiger partial charge >= 0.3 is 0 Å². The van der Waals surface area contributed by atoms with E-state index in [4.69, 9.17) is 0 Å². The number of sulfone groups is 1. The number of amides is 1. The van der Waals surface area contributed by atoms with E-state index in [1.54, 1.807) is 26.0 Å². The molecule has 188 valence electrons. The van der Waals surface area contributed by atoms with Crippen LogP contribution in [0.5, 0.6) is 0 Å². The summed E-state index contributed by atoms with van der Waals surface area (Å²) in [6.07, 6.45) is 5.60. The van der Waals surface area contributed by atoms with E-state index in [0.717, 1.165) is 17.5 Å². The highest BCUT2D eigenvalue weighted by Gasteiger charge is 2.31. The van der Waals surface area contributed by atoms with Gasteiger partial charge in [0.1, 0.15) is 11.4 Å². The normalized spacial score (nSPS) is 16.8. The van der Waals surface area contributed by atoms with Crippen LogP contribution in [0.4, 0.5) is 8.78 Å². The van der Waals surface area contributed by atoms with Crippen LogP contribution in [0.2, 0.25) is 0 Å². The summed E-state index contributed by atoms with van der Waals surface area (Å²) in [7, 11) is -3.43. The van der Waals surface area contributed by atoms with Gasteiger partial charge in [-0.3, -0.25) is 9.78 Å². The monoisotopic (exact) mass is 514 g/mol. The molecule has 36 heavy (non-hydrogen) atoms. The molecule has 0 bridgehead atoms. The van der Waals surface area contributed by atoms with Gasteiger partial charge < -0.3 is 10.0 Å². The number of benzene rings is 1. The van der Waals surface area contributed by atoms with Gasteiger partial charge in [0.25, 0.3) is 0 Å². The molecule has 0 radical (unpaired) electrons. The summed E-state index contributed by atoms with van der Waals surface area (Å²) in [6.45, 7) is 3.27. The molecule has 2 aromatic heterocycles. The third kappa shape index (κ3) is 5.97. The van der Waals surface area contributed by atoms with Crippen LogP contribution in [0.3, 0.4) is 0 Å². The molecule has 0 fully saturated rings. The average molecular weight is 515 g/mol. The van der Waals surface area contributed by atoms with Gasteiger partial charge in [-0.25, -0.2) is 27.2 Å². The summed E-state index contributed by atoms with van der Waals surface area (Å²) in [5.74, 6) is -2.41. The number of halogens is 2. The van der Waals surface area contributed by atoms with Crippen molar-refractivity contribution in [2.24, 2.45) is 0 Å². The van der Waals surface area contributed by atoms with Gasteiger partial charge in [0, 0.05) is 36.1 Å². The molecule has 0 saturated carbocycles. The lowest BCUT2D eigenvalue weighted by molar-refractivity contribution is -0.132. The molecule has 0 saturated heterocycles. The number of pyridine rings is 1. The van der Waals surface area contributed by atoms with Crippen LogP contribution < -0.4 is 0 Å². The maximum Gasteiger partial charge on any atom is 0.231 e. The Kier molecular flexibility index (Phi) is 6.96. The van der Waals surface area contributed by atoms with Crippen molar-refractivity contribution in [2.45, 2.75) is 38.5 Å². The van der Waals surface area contributed by atoms with Crippen molar-refractivity contribution in [3.63, 3.8) is 0 Å². The molecule has 1 atom stereocenters. The lowest BCUT2D eigenvalue weighted by Gasteiger charge is -2.28. The number of carbonyl (C=O) groups excluding carboxylic acids is 1. The number of rotatable bonds is 7. The van der Waals surface area contributed by atoms with Gasteiger partial charge in [0.2, 0.25) is 5.91 Å². The Morgan fingerprint density at radius 2 is 1.81 bits per heavy atom. The average Bonchev–Trinajstić information content (AvgIpc) is 3.18. The Morgan fingerprint density at radius 1 is 1.08 bits per heavy atom. The molecule has 1 N–H and O–H groups in total. The Morgan fingerprint density at radius 3 is 2.42 bits per heavy atom. The molecule has 0 spiro atoms. The van der Waals surface area contributed by atoms with Gasteiger partial charge in [-0.05, 0) is 55.3 Å². The second-order valence-electron chi connectivity index (χ2n) is 9.05. The van der Waals surface area contributed by atoms with E-state index < -0.39 is 39.0 Å². The number of hydrogen-bond donors (Lipinski definition) is 1. The number of hydrogen-bond acceptors (Lipinski definition) is 7. The topological polar surface area (TPSA) is 113 Å². The fraction of sp³-hybridized carbons (Fsp3) is 0.280. The molecular weight excluding hydrogens is 490 g/mol. The van der Waals surface area contributed by atoms with Crippen molar-refractivity contribution in [2.75, 3.05) is 5.75 Å². The van der Waals surface area contributed by atoms with E-state index in [0.29, 0.717) is 22.4 Å². The van der Waals surface area contributed by atoms with Crippen LogP contribution in [-0.2, 0) is 33.2 Å². The van der Waals surface area contributed by atoms with Gasteiger partial charge in [0.05, 0.1) is 23.9 Å². The maximum absolute atomic E-state index is 13.5. The molecule has 1 unspecified atom stereocenters. The Balaban J connectivity index is 1.55. The SMILES string of the molecule is CC(C)(O)c1cc(CN(C(=O)Cc2ncc(-c3ccc(F)c(F)c3)cn2)C2C=CS(=O)(=O)C2)ccn1. The third-order valence-electron chi connectivity index (χ3n) is 5.70. The Labute approximate surface area is 207 Å². The standard InChI is InChI=1S/C25H24F2N4O4S/c1-25(2,33)22-9-16(5-7-28-22)14-31(19-6-8-36(34,35)15-19)24(32)11-23-29-12-18(13-30-23)17-3-4-20(26)21(27)10-17/h3-10,12-13,19,33H,11,14-15H2,1-2H3. The molecule has 1 aromatic carbocycles. The van der Waals surface area contributed by atoms with Crippen LogP contribution in [0.25, 0.3) is 11.1 Å². The third-order valence-corrected chi connectivity index (χ3v) is 7.08. The lowest BCUT2D eigenvalue weighted by Crippen LogP contribution is -2.41. The maximum atomic E-state index is 13.5. The van der Waals surface area contributed by atoms with Crippen molar-refractivity contribution in [3.8, 4) is 11.1 Å². The number of aliphatic hydroxyl groups is 1. The van der Waals surface area contributed by atoms with E-state index in [9.17, 15) is 27.1 Å². The molecule has 3 heterocycles. The first kappa shape index (κ1) is 25.5. The van der Waals surface area contributed by atoms with Gasteiger partial charge in [-0.15, -0.1) is 0 Å². The first-order valence-electron chi connectivity index (χ1n) is 11.1. The quantitative estimate of drug-likeness (QED) is 0.516. The predicted octanol–water partition coefficient (Wildman–Crippen LogP) is 2.93. The summed E-state index contributed by atoms with van der Waals surface area (Å²) in [6, 6.07) is 6.11. The van der Waals surface area contributed by atoms with E-state index in [-0.39, 0.29) is 24.5 Å². The first-order valence-corrected chi connectivity index (χ1v) is 12.8. The predicted molar refractivity (Wildman–Crippen MR) is 128 cm³/mol. The summed E-state index contributed by atoms with van der Waals surface area (Å²) < 4.78 is 50.8. The van der Waals surface area contributed by atoms with Crippen molar-refractivity contribution >= 4 is 15.7 Å². The smallest absolute Gasteiger partial charge is 0.231 e. The Bertz CT molecular complexity index is 1420. The van der Waals surface area contributed by atoms with Crippen LogP contribution >= 0.6 is 0 Å². The minimum absolute atomic E-state index is 0.0852. The highest BCUT2D eigenvalue weighted by molar-refractivity contribution is 7.94. The van der Waals surface area contributed by atoms with Crippen LogP contribution in [0, 0.1) is 11.6 Å². The number of aromatic nitrogens is 3. The zero-order valence-electron chi connectivity index (χ0n) is 19.6. The second-order valence-corrected chi connectivity index (χ2v) is 11.0. The van der Waals surface area contributed by atoms with E-state index in [2.05, 4.69) is 15.0 Å². The summed E-state index contributed by atoms with van der Waals surface area (Å²) in [5.41, 5.74) is 0.725. The lowest BCUT2D eigenvalue weighted by atomic mass is 10.0. The van der Waals surface area contributed by atoms with Crippen LogP contribution in [-0.4, -0.2) is 51.1 Å². The van der Waals surface area contributed by atoms with Gasteiger partial charge in [-0.1, -0.05) is 6.07 Å². The second kappa shape index (κ2) is 9.82. The largest absolute Gasteiger partial charge is 0.384 e. The zero-order valence-corrected chi connectivity index (χ0v) is 20.4. The first-order chi connectivity index (χ1) is 16.9. The number of nitrogens with zero attached hydrogens (tertiary/aromatic N) is 4. The van der Waals surface area contributed by atoms with Crippen molar-refractivity contribution in [1.29, 1.82) is 0 Å². The van der Waals surface area contributed by atoms with Crippen LogP contribution in [0.1, 0.15) is 30.9 Å². The molecule has 8 nitrogen and oxygen atoms in total. The Hall–Kier alpha value is -3.57. The van der Waals surface area contributed by atoms with E-state index in [1.807, 2.05) is 0 Å². The highest BCUT2D eigenvalue weighted by Crippen LogP contribution is 2.23. The molecule has 3 aromatic rings. The molecular formula is C25H24F2N4O4S. The summed E-state index contributed by atoms with van der Waals surface area (Å²) >= 11 is 0. The van der Waals surface area contributed by atoms with Crippen LogP contribution in [0.15, 0.2) is 60.4 Å². The minimum Gasteiger partial charge on any atom is -0.384 e. The molecule has 1 aliphatic heterocycles. The van der Waals surface area contributed by atoms with Crippen molar-refractivity contribution < 1.29 is 27.1 Å². The highest BCUT2D eigenvalue weighted by atomic mass is 32.2. The molecule has 1 aliphatic rings. The minimum atomic E-state index is -3.43. The van der Waals surface area contributed by atoms with Crippen molar-refractivity contribution in [1.82, 2.24) is 19.9 Å². The van der Waals surface area contributed by atoms with Gasteiger partial charge in [0.15, 0.2) is 21.5 Å². The molecule has 0 aliphatic carbocycles. The zero-order chi connectivity index (χ0) is 26.1. The molecule has 1 amide bonds. The summed E-state index contributed by atoms with van der Waals surface area (Å²) in [5, 5.41) is 11.4. The van der Waals surface area contributed by atoms with E-state index >= 15 is 0 Å². The van der Waals surface area contributed by atoms with Gasteiger partial charge in [-0.2, -0.15) is 0 Å². The fourth-order valence-electron chi connectivity index (χ4n) is 3.76. The van der Waals surface area contributed by atoms with Crippen molar-refractivity contribution in [3.05, 3.63) is 89.1 Å². The molecule has 4 rings (SSSR count).